The molecule has 1 saturated heterocycles. The smallest absolute Gasteiger partial charge is 0.316 e. The Morgan fingerprint density at radius 1 is 1.11 bits per heavy atom. The van der Waals surface area contributed by atoms with Crippen LogP contribution >= 0.6 is 0 Å². The van der Waals surface area contributed by atoms with Gasteiger partial charge < -0.3 is 15.5 Å². The number of rotatable bonds is 6. The topological polar surface area (TPSA) is 89.9 Å². The van der Waals surface area contributed by atoms with E-state index in [2.05, 4.69) is 10.2 Å². The Morgan fingerprint density at radius 2 is 1.81 bits per heavy atom. The molecule has 3 N–H and O–H groups in total. The van der Waals surface area contributed by atoms with Crippen LogP contribution in [0.25, 0.3) is 0 Å². The highest BCUT2D eigenvalue weighted by Gasteiger charge is 2.36. The van der Waals surface area contributed by atoms with E-state index < -0.39 is 11.9 Å². The Balaban J connectivity index is 1.48. The van der Waals surface area contributed by atoms with Gasteiger partial charge in [-0.05, 0) is 49.3 Å². The van der Waals surface area contributed by atoms with Gasteiger partial charge in [-0.1, -0.05) is 31.4 Å². The third-order valence-electron chi connectivity index (χ3n) is 5.92. The van der Waals surface area contributed by atoms with E-state index in [1.807, 2.05) is 12.1 Å². The molecule has 1 saturated carbocycles. The van der Waals surface area contributed by atoms with Crippen molar-refractivity contribution >= 4 is 11.9 Å². The zero-order chi connectivity index (χ0) is 19.2. The lowest BCUT2D eigenvalue weighted by Gasteiger charge is -2.34. The molecule has 1 amide bonds. The first-order chi connectivity index (χ1) is 13.0. The summed E-state index contributed by atoms with van der Waals surface area (Å²) >= 11 is 0. The Hall–Kier alpha value is -2.08. The van der Waals surface area contributed by atoms with Gasteiger partial charge in [-0.15, -0.1) is 0 Å². The average Bonchev–Trinajstić information content (AvgIpc) is 2.64. The Bertz CT molecular complexity index is 649. The number of carboxylic acids is 1. The minimum Gasteiger partial charge on any atom is -0.508 e. The van der Waals surface area contributed by atoms with Gasteiger partial charge in [0.05, 0.1) is 0 Å². The van der Waals surface area contributed by atoms with Crippen LogP contribution in [0.1, 0.15) is 50.5 Å². The molecule has 3 rings (SSSR count). The number of likely N-dealkylation sites (tertiary alicyclic amines) is 1. The molecule has 2 aliphatic rings. The summed E-state index contributed by atoms with van der Waals surface area (Å²) in [6.45, 7) is 2.47. The highest BCUT2D eigenvalue weighted by atomic mass is 16.4. The van der Waals surface area contributed by atoms with Crippen LogP contribution in [0.2, 0.25) is 0 Å². The van der Waals surface area contributed by atoms with E-state index in [-0.39, 0.29) is 23.6 Å². The number of carbonyl (C=O) groups excluding carboxylic acids is 1. The normalized spacial score (nSPS) is 20.9. The second kappa shape index (κ2) is 9.22. The number of benzene rings is 1. The first-order valence-corrected chi connectivity index (χ1v) is 10.1. The van der Waals surface area contributed by atoms with Crippen molar-refractivity contribution in [3.05, 3.63) is 29.8 Å². The number of amides is 1. The van der Waals surface area contributed by atoms with Crippen LogP contribution in [-0.4, -0.2) is 46.1 Å². The van der Waals surface area contributed by atoms with E-state index in [1.54, 1.807) is 12.1 Å². The van der Waals surface area contributed by atoms with E-state index in [0.717, 1.165) is 70.1 Å². The molecular formula is C21H30N2O4. The lowest BCUT2D eigenvalue weighted by atomic mass is 9.79. The molecule has 1 atom stereocenters. The van der Waals surface area contributed by atoms with E-state index in [9.17, 15) is 19.8 Å². The Kier molecular flexibility index (Phi) is 6.72. The van der Waals surface area contributed by atoms with Crippen molar-refractivity contribution in [2.24, 2.45) is 11.8 Å². The highest BCUT2D eigenvalue weighted by Crippen LogP contribution is 2.30. The van der Waals surface area contributed by atoms with Gasteiger partial charge in [0, 0.05) is 25.7 Å². The van der Waals surface area contributed by atoms with Gasteiger partial charge in [-0.2, -0.15) is 0 Å². The molecule has 1 aliphatic heterocycles. The first-order valence-electron chi connectivity index (χ1n) is 10.1. The molecular weight excluding hydrogens is 344 g/mol. The predicted molar refractivity (Wildman–Crippen MR) is 102 cm³/mol. The number of hydrogen-bond acceptors (Lipinski definition) is 4. The molecule has 1 heterocycles. The van der Waals surface area contributed by atoms with Crippen LogP contribution in [0.5, 0.6) is 5.75 Å². The average molecular weight is 374 g/mol. The standard InChI is InChI=1S/C21H30N2O4/c24-18-8-4-5-15(13-18)14-23-11-9-17(10-12-23)22-20(25)19(21(26)27)16-6-2-1-3-7-16/h4-5,8,13,16-17,19,24H,1-3,6-7,9-12,14H2,(H,22,25)(H,26,27)/t19-/m1/s1. The molecule has 1 aromatic rings. The van der Waals surface area contributed by atoms with Crippen molar-refractivity contribution in [2.75, 3.05) is 13.1 Å². The monoisotopic (exact) mass is 374 g/mol. The third-order valence-corrected chi connectivity index (χ3v) is 5.92. The number of hydrogen-bond donors (Lipinski definition) is 3. The summed E-state index contributed by atoms with van der Waals surface area (Å²) in [5, 5.41) is 22.1. The third kappa shape index (κ3) is 5.45. The van der Waals surface area contributed by atoms with Crippen molar-refractivity contribution in [3.63, 3.8) is 0 Å². The molecule has 0 unspecified atom stereocenters. The maximum atomic E-state index is 12.6. The number of phenols is 1. The van der Waals surface area contributed by atoms with Gasteiger partial charge in [0.15, 0.2) is 0 Å². The predicted octanol–water partition coefficient (Wildman–Crippen LogP) is 2.75. The highest BCUT2D eigenvalue weighted by molar-refractivity contribution is 5.97. The largest absolute Gasteiger partial charge is 0.508 e. The maximum Gasteiger partial charge on any atom is 0.316 e. The van der Waals surface area contributed by atoms with Crippen LogP contribution in [-0.2, 0) is 16.1 Å². The molecule has 1 aliphatic carbocycles. The molecule has 0 bridgehead atoms. The minimum absolute atomic E-state index is 0.0258. The molecule has 6 nitrogen and oxygen atoms in total. The molecule has 0 spiro atoms. The summed E-state index contributed by atoms with van der Waals surface area (Å²) in [5.41, 5.74) is 1.07. The van der Waals surface area contributed by atoms with E-state index in [1.165, 1.54) is 0 Å². The van der Waals surface area contributed by atoms with Gasteiger partial charge in [0.1, 0.15) is 11.7 Å². The summed E-state index contributed by atoms with van der Waals surface area (Å²) < 4.78 is 0. The fraction of sp³-hybridized carbons (Fsp3) is 0.619. The summed E-state index contributed by atoms with van der Waals surface area (Å²) in [7, 11) is 0. The van der Waals surface area contributed by atoms with Crippen LogP contribution in [0, 0.1) is 11.8 Å². The van der Waals surface area contributed by atoms with Gasteiger partial charge in [0.25, 0.3) is 0 Å². The molecule has 0 radical (unpaired) electrons. The van der Waals surface area contributed by atoms with E-state index in [4.69, 9.17) is 0 Å². The van der Waals surface area contributed by atoms with Gasteiger partial charge in [-0.25, -0.2) is 0 Å². The SMILES string of the molecule is O=C(O)[C@@H](C(=O)NC1CCN(Cc2cccc(O)c2)CC1)C1CCCCC1. The minimum atomic E-state index is -0.985. The molecule has 0 aromatic heterocycles. The Labute approximate surface area is 160 Å². The van der Waals surface area contributed by atoms with Crippen LogP contribution in [0.15, 0.2) is 24.3 Å². The quantitative estimate of drug-likeness (QED) is 0.666. The van der Waals surface area contributed by atoms with E-state index in [0.29, 0.717) is 0 Å². The number of nitrogens with one attached hydrogen (secondary N) is 1. The van der Waals surface area contributed by atoms with Crippen LogP contribution in [0.3, 0.4) is 0 Å². The number of piperidine rings is 1. The van der Waals surface area contributed by atoms with Crippen molar-refractivity contribution in [3.8, 4) is 5.75 Å². The lowest BCUT2D eigenvalue weighted by molar-refractivity contribution is -0.150. The van der Waals surface area contributed by atoms with Crippen molar-refractivity contribution in [1.29, 1.82) is 0 Å². The van der Waals surface area contributed by atoms with Gasteiger partial charge in [0.2, 0.25) is 5.91 Å². The first kappa shape index (κ1) is 19.7. The maximum absolute atomic E-state index is 12.6. The summed E-state index contributed by atoms with van der Waals surface area (Å²) in [6.07, 6.45) is 6.51. The second-order valence-electron chi connectivity index (χ2n) is 7.94. The number of phenolic OH excluding ortho intramolecular Hbond substituents is 1. The Morgan fingerprint density at radius 3 is 2.44 bits per heavy atom. The number of aliphatic carboxylic acids is 1. The summed E-state index contributed by atoms with van der Waals surface area (Å²) in [6, 6.07) is 7.32. The van der Waals surface area contributed by atoms with E-state index >= 15 is 0 Å². The number of carboxylic acid groups (broad SMARTS) is 1. The zero-order valence-corrected chi connectivity index (χ0v) is 15.8. The lowest BCUT2D eigenvalue weighted by Crippen LogP contribution is -2.48. The number of aromatic hydroxyl groups is 1. The van der Waals surface area contributed by atoms with Crippen molar-refractivity contribution in [2.45, 2.75) is 57.5 Å². The van der Waals surface area contributed by atoms with Crippen LogP contribution < -0.4 is 5.32 Å². The number of carbonyl (C=O) groups is 2. The number of nitrogens with zero attached hydrogens (tertiary/aromatic N) is 1. The molecule has 2 fully saturated rings. The van der Waals surface area contributed by atoms with Gasteiger partial charge in [-0.3, -0.25) is 14.5 Å². The van der Waals surface area contributed by atoms with Crippen molar-refractivity contribution < 1.29 is 19.8 Å². The summed E-state index contributed by atoms with van der Waals surface area (Å²) in [5.74, 6) is -1.95. The van der Waals surface area contributed by atoms with Crippen LogP contribution in [0.4, 0.5) is 0 Å². The van der Waals surface area contributed by atoms with Gasteiger partial charge >= 0.3 is 5.97 Å². The fourth-order valence-electron chi connectivity index (χ4n) is 4.43. The molecule has 27 heavy (non-hydrogen) atoms. The molecule has 1 aromatic carbocycles. The second-order valence-corrected chi connectivity index (χ2v) is 7.94. The molecule has 148 valence electrons. The summed E-state index contributed by atoms with van der Waals surface area (Å²) in [4.78, 5) is 26.6. The molecule has 6 heteroatoms. The fourth-order valence-corrected chi connectivity index (χ4v) is 4.43. The van der Waals surface area contributed by atoms with Crippen molar-refractivity contribution in [1.82, 2.24) is 10.2 Å². The zero-order valence-electron chi connectivity index (χ0n) is 15.8.